The molecule has 0 fully saturated rings. The van der Waals surface area contributed by atoms with E-state index in [0.29, 0.717) is 0 Å². The van der Waals surface area contributed by atoms with Crippen LogP contribution in [0, 0.1) is 0 Å². The average molecular weight is 412 g/mol. The van der Waals surface area contributed by atoms with Crippen LogP contribution in [-0.4, -0.2) is 61.0 Å². The van der Waals surface area contributed by atoms with Gasteiger partial charge in [-0.05, 0) is 6.92 Å². The first-order valence-corrected chi connectivity index (χ1v) is 7.58. The number of rotatable bonds is 9. The molecule has 1 atom stereocenters. The summed E-state index contributed by atoms with van der Waals surface area (Å²) in [5.41, 5.74) is 0. The minimum Gasteiger partial charge on any atom is -0.743 e. The third kappa shape index (κ3) is 5.70. The molecule has 0 saturated heterocycles. The van der Waals surface area contributed by atoms with Crippen LogP contribution in [0.2, 0.25) is 0 Å². The SMILES string of the molecule is C=CC(=O)OC(OCC(F)(F)S(=O)(=O)[O-])(C(=O)NCC(C)=O)C(F)(F)F. The molecule has 0 aromatic rings. The van der Waals surface area contributed by atoms with E-state index in [2.05, 4.69) is 16.1 Å². The van der Waals surface area contributed by atoms with E-state index in [1.807, 2.05) is 0 Å². The highest BCUT2D eigenvalue weighted by molar-refractivity contribution is 7.86. The molecule has 0 aromatic heterocycles. The van der Waals surface area contributed by atoms with E-state index in [1.54, 1.807) is 0 Å². The lowest BCUT2D eigenvalue weighted by Gasteiger charge is -2.34. The van der Waals surface area contributed by atoms with Crippen molar-refractivity contribution in [3.63, 3.8) is 0 Å². The first-order valence-electron chi connectivity index (χ1n) is 6.17. The summed E-state index contributed by atoms with van der Waals surface area (Å²) in [5.74, 6) is -10.0. The molecule has 150 valence electrons. The topological polar surface area (TPSA) is 139 Å². The van der Waals surface area contributed by atoms with Crippen LogP contribution in [-0.2, 0) is 34.0 Å². The van der Waals surface area contributed by atoms with Crippen molar-refractivity contribution in [2.45, 2.75) is 24.1 Å². The van der Waals surface area contributed by atoms with Crippen molar-refractivity contribution >= 4 is 27.8 Å². The predicted octanol–water partition coefficient (Wildman–Crippen LogP) is -0.166. The molecular formula is C11H11F5NO8S-. The zero-order chi connectivity index (χ0) is 21.0. The second kappa shape index (κ2) is 8.05. The number of ether oxygens (including phenoxy) is 2. The van der Waals surface area contributed by atoms with Gasteiger partial charge in [0.2, 0.25) is 0 Å². The third-order valence-electron chi connectivity index (χ3n) is 2.39. The van der Waals surface area contributed by atoms with Crippen LogP contribution >= 0.6 is 0 Å². The number of hydrogen-bond acceptors (Lipinski definition) is 8. The highest BCUT2D eigenvalue weighted by Gasteiger charge is 2.67. The Balaban J connectivity index is 6.03. The Kier molecular flexibility index (Phi) is 7.39. The Bertz CT molecular complexity index is 689. The van der Waals surface area contributed by atoms with Gasteiger partial charge in [-0.2, -0.15) is 22.0 Å². The molecule has 0 saturated carbocycles. The Morgan fingerprint density at radius 1 is 1.19 bits per heavy atom. The monoisotopic (exact) mass is 412 g/mol. The number of hydrogen-bond donors (Lipinski definition) is 1. The number of alkyl halides is 5. The number of carbonyl (C=O) groups is 3. The molecule has 0 spiro atoms. The van der Waals surface area contributed by atoms with Gasteiger partial charge in [-0.3, -0.25) is 9.59 Å². The molecule has 0 aliphatic rings. The van der Waals surface area contributed by atoms with E-state index in [4.69, 9.17) is 0 Å². The Morgan fingerprint density at radius 2 is 1.69 bits per heavy atom. The molecule has 9 nitrogen and oxygen atoms in total. The largest absolute Gasteiger partial charge is 0.743 e. The molecule has 15 heteroatoms. The number of esters is 1. The van der Waals surface area contributed by atoms with E-state index in [9.17, 15) is 49.3 Å². The lowest BCUT2D eigenvalue weighted by molar-refractivity contribution is -0.352. The molecule has 0 rings (SSSR count). The fourth-order valence-electron chi connectivity index (χ4n) is 1.17. The van der Waals surface area contributed by atoms with Gasteiger partial charge in [-0.15, -0.1) is 0 Å². The van der Waals surface area contributed by atoms with E-state index in [1.165, 1.54) is 5.32 Å². The highest BCUT2D eigenvalue weighted by Crippen LogP contribution is 2.37. The normalized spacial score (nSPS) is 14.9. The second-order valence-corrected chi connectivity index (χ2v) is 6.01. The number of nitrogens with one attached hydrogen (secondary N) is 1. The molecular weight excluding hydrogens is 401 g/mol. The van der Waals surface area contributed by atoms with Gasteiger partial charge in [0.05, 0.1) is 6.54 Å². The molecule has 0 bridgehead atoms. The van der Waals surface area contributed by atoms with E-state index in [-0.39, 0.29) is 6.08 Å². The van der Waals surface area contributed by atoms with E-state index < -0.39 is 58.1 Å². The minimum atomic E-state index is -6.48. The van der Waals surface area contributed by atoms with Crippen LogP contribution in [0.3, 0.4) is 0 Å². The molecule has 26 heavy (non-hydrogen) atoms. The van der Waals surface area contributed by atoms with Crippen LogP contribution in [0.25, 0.3) is 0 Å². The van der Waals surface area contributed by atoms with Crippen molar-refractivity contribution in [2.75, 3.05) is 13.2 Å². The van der Waals surface area contributed by atoms with Gasteiger partial charge in [0.15, 0.2) is 10.1 Å². The van der Waals surface area contributed by atoms with Gasteiger partial charge in [0, 0.05) is 6.08 Å². The molecule has 0 aromatic carbocycles. The maximum absolute atomic E-state index is 13.3. The van der Waals surface area contributed by atoms with Crippen LogP contribution in [0.1, 0.15) is 6.92 Å². The van der Waals surface area contributed by atoms with Gasteiger partial charge < -0.3 is 19.3 Å². The van der Waals surface area contributed by atoms with Crippen LogP contribution in [0.4, 0.5) is 22.0 Å². The van der Waals surface area contributed by atoms with E-state index >= 15 is 0 Å². The summed E-state index contributed by atoms with van der Waals surface area (Å²) in [5, 5.41) is -4.08. The van der Waals surface area contributed by atoms with E-state index in [0.717, 1.165) is 6.92 Å². The Hall–Kier alpha value is -2.13. The standard InChI is InChI=1S/C11H12F5NO8S/c1-3-7(19)25-10(11(14,15)16,8(20)17-4-6(2)18)24-5-9(12,13)26(21,22)23/h3H,1,4-5H2,2H3,(H,17,20)(H,21,22,23)/p-1. The summed E-state index contributed by atoms with van der Waals surface area (Å²) in [6.07, 6.45) is -5.90. The van der Waals surface area contributed by atoms with Crippen LogP contribution in [0.5, 0.6) is 0 Å². The maximum atomic E-state index is 13.3. The third-order valence-corrected chi connectivity index (χ3v) is 3.24. The summed E-state index contributed by atoms with van der Waals surface area (Å²) in [6, 6.07) is 0. The van der Waals surface area contributed by atoms with Gasteiger partial charge in [0.25, 0.3) is 0 Å². The van der Waals surface area contributed by atoms with Crippen molar-refractivity contribution in [3.8, 4) is 0 Å². The summed E-state index contributed by atoms with van der Waals surface area (Å²) in [6.45, 7) is -0.252. The molecule has 1 amide bonds. The van der Waals surface area contributed by atoms with Gasteiger partial charge in [0.1, 0.15) is 12.4 Å². The smallest absolute Gasteiger partial charge is 0.466 e. The van der Waals surface area contributed by atoms with Gasteiger partial charge in [-0.25, -0.2) is 13.2 Å². The lowest BCUT2D eigenvalue weighted by atomic mass is 10.2. The van der Waals surface area contributed by atoms with Crippen molar-refractivity contribution in [2.24, 2.45) is 0 Å². The number of Topliss-reactive ketones (excluding diaryl/α,β-unsaturated/α-hetero) is 1. The predicted molar refractivity (Wildman–Crippen MR) is 69.4 cm³/mol. The number of amides is 1. The summed E-state index contributed by atoms with van der Waals surface area (Å²) < 4.78 is 104. The maximum Gasteiger partial charge on any atom is 0.466 e. The molecule has 0 heterocycles. The zero-order valence-corrected chi connectivity index (χ0v) is 13.6. The molecule has 0 radical (unpaired) electrons. The highest BCUT2D eigenvalue weighted by atomic mass is 32.2. The molecule has 0 aliphatic carbocycles. The fourth-order valence-corrected chi connectivity index (χ4v) is 1.38. The molecule has 0 aliphatic heterocycles. The Morgan fingerprint density at radius 3 is 2.04 bits per heavy atom. The van der Waals surface area contributed by atoms with Crippen molar-refractivity contribution in [3.05, 3.63) is 12.7 Å². The van der Waals surface area contributed by atoms with Gasteiger partial charge >= 0.3 is 29.1 Å². The Labute approximate surface area is 142 Å². The van der Waals surface area contributed by atoms with Crippen LogP contribution in [0.15, 0.2) is 12.7 Å². The van der Waals surface area contributed by atoms with Crippen molar-refractivity contribution < 1.29 is 58.8 Å². The van der Waals surface area contributed by atoms with Crippen molar-refractivity contribution in [1.82, 2.24) is 5.32 Å². The quantitative estimate of drug-likeness (QED) is 0.181. The first-order chi connectivity index (χ1) is 11.5. The second-order valence-electron chi connectivity index (χ2n) is 4.50. The summed E-state index contributed by atoms with van der Waals surface area (Å²) in [7, 11) is -6.48. The summed E-state index contributed by atoms with van der Waals surface area (Å²) >= 11 is 0. The van der Waals surface area contributed by atoms with Crippen LogP contribution < -0.4 is 5.32 Å². The first kappa shape index (κ1) is 23.9. The lowest BCUT2D eigenvalue weighted by Crippen LogP contribution is -2.62. The number of carbonyl (C=O) groups excluding carboxylic acids is 3. The zero-order valence-electron chi connectivity index (χ0n) is 12.8. The summed E-state index contributed by atoms with van der Waals surface area (Å²) in [4.78, 5) is 33.6. The minimum absolute atomic E-state index is 0.116. The number of ketones is 1. The van der Waals surface area contributed by atoms with Gasteiger partial charge in [-0.1, -0.05) is 6.58 Å². The fraction of sp³-hybridized carbons (Fsp3) is 0.545. The van der Waals surface area contributed by atoms with Crippen molar-refractivity contribution in [1.29, 1.82) is 0 Å². The molecule has 1 unspecified atom stereocenters. The average Bonchev–Trinajstić information content (AvgIpc) is 2.46. The molecule has 1 N–H and O–H groups in total. The number of halogens is 5.